The van der Waals surface area contributed by atoms with Crippen molar-refractivity contribution in [3.05, 3.63) is 54.4 Å². The predicted octanol–water partition coefficient (Wildman–Crippen LogP) is 3.41. The summed E-state index contributed by atoms with van der Waals surface area (Å²) in [4.78, 5) is 0.110. The lowest BCUT2D eigenvalue weighted by Gasteiger charge is -2.26. The van der Waals surface area contributed by atoms with Crippen LogP contribution in [0.15, 0.2) is 53.6 Å². The molecule has 8 heteroatoms. The molecular formula is C13H13Cl3N2O2S. The van der Waals surface area contributed by atoms with Gasteiger partial charge in [-0.25, -0.2) is 8.42 Å². The van der Waals surface area contributed by atoms with Crippen LogP contribution in [0.5, 0.6) is 0 Å². The molecule has 0 radical (unpaired) electrons. The highest BCUT2D eigenvalue weighted by Gasteiger charge is 2.38. The van der Waals surface area contributed by atoms with Crippen LogP contribution in [0.2, 0.25) is 0 Å². The molecule has 0 saturated carbocycles. The highest BCUT2D eigenvalue weighted by molar-refractivity contribution is 7.89. The molecule has 0 aliphatic carbocycles. The van der Waals surface area contributed by atoms with Crippen molar-refractivity contribution in [2.75, 3.05) is 0 Å². The van der Waals surface area contributed by atoms with E-state index in [1.165, 1.54) is 12.1 Å². The Morgan fingerprint density at radius 3 is 2.19 bits per heavy atom. The lowest BCUT2D eigenvalue weighted by atomic mass is 10.2. The van der Waals surface area contributed by atoms with Crippen LogP contribution in [0.4, 0.5) is 0 Å². The monoisotopic (exact) mass is 366 g/mol. The molecular weight excluding hydrogens is 355 g/mol. The molecule has 1 atom stereocenters. The largest absolute Gasteiger partial charge is 0.353 e. The van der Waals surface area contributed by atoms with Gasteiger partial charge in [-0.3, -0.25) is 0 Å². The SMILES string of the molecule is Cn1cccc1C(NS(=O)(=O)c1ccccc1)C(Cl)(Cl)Cl. The molecule has 1 aromatic carbocycles. The van der Waals surface area contributed by atoms with Crippen molar-refractivity contribution in [1.29, 1.82) is 0 Å². The number of sulfonamides is 1. The van der Waals surface area contributed by atoms with Crippen molar-refractivity contribution in [3.63, 3.8) is 0 Å². The first-order valence-electron chi connectivity index (χ1n) is 5.97. The van der Waals surface area contributed by atoms with E-state index in [1.807, 2.05) is 0 Å². The minimum absolute atomic E-state index is 0.110. The molecule has 0 fully saturated rings. The van der Waals surface area contributed by atoms with Crippen LogP contribution in [-0.4, -0.2) is 16.8 Å². The Bertz CT molecular complexity index is 709. The summed E-state index contributed by atoms with van der Waals surface area (Å²) in [5.74, 6) is 0. The maximum Gasteiger partial charge on any atom is 0.241 e. The zero-order valence-electron chi connectivity index (χ0n) is 11.0. The first kappa shape index (κ1) is 16.6. The summed E-state index contributed by atoms with van der Waals surface area (Å²) in [7, 11) is -2.06. The van der Waals surface area contributed by atoms with Gasteiger partial charge in [0.25, 0.3) is 0 Å². The third-order valence-electron chi connectivity index (χ3n) is 2.93. The average Bonchev–Trinajstić information content (AvgIpc) is 2.82. The maximum absolute atomic E-state index is 12.4. The second-order valence-corrected chi connectivity index (χ2v) is 8.54. The quantitative estimate of drug-likeness (QED) is 0.842. The fourth-order valence-corrected chi connectivity index (χ4v) is 3.84. The van der Waals surface area contributed by atoms with E-state index in [0.717, 1.165) is 0 Å². The Morgan fingerprint density at radius 1 is 1.10 bits per heavy atom. The first-order chi connectivity index (χ1) is 9.72. The molecule has 1 aromatic heterocycles. The molecule has 2 aromatic rings. The average molecular weight is 368 g/mol. The van der Waals surface area contributed by atoms with Gasteiger partial charge in [0.2, 0.25) is 13.8 Å². The van der Waals surface area contributed by atoms with Crippen LogP contribution in [0.1, 0.15) is 11.7 Å². The van der Waals surface area contributed by atoms with Crippen molar-refractivity contribution in [3.8, 4) is 0 Å². The molecule has 0 saturated heterocycles. The summed E-state index contributed by atoms with van der Waals surface area (Å²) in [6.07, 6.45) is 1.75. The zero-order chi connectivity index (χ0) is 15.7. The standard InChI is InChI=1S/C13H13Cl3N2O2S/c1-18-9-5-8-11(18)12(13(14,15)16)17-21(19,20)10-6-3-2-4-7-10/h2-9,12,17H,1H3. The molecule has 1 unspecified atom stereocenters. The van der Waals surface area contributed by atoms with Crippen molar-refractivity contribution in [1.82, 2.24) is 9.29 Å². The number of aryl methyl sites for hydroxylation is 1. The summed E-state index contributed by atoms with van der Waals surface area (Å²) in [6, 6.07) is 10.4. The lowest BCUT2D eigenvalue weighted by Crippen LogP contribution is -2.37. The second kappa shape index (κ2) is 6.18. The van der Waals surface area contributed by atoms with Gasteiger partial charge in [-0.2, -0.15) is 4.72 Å². The first-order valence-corrected chi connectivity index (χ1v) is 8.59. The molecule has 1 N–H and O–H groups in total. The van der Waals surface area contributed by atoms with Crippen LogP contribution in [-0.2, 0) is 17.1 Å². The highest BCUT2D eigenvalue weighted by atomic mass is 35.6. The number of hydrogen-bond donors (Lipinski definition) is 1. The van der Waals surface area contributed by atoms with Gasteiger partial charge in [-0.05, 0) is 24.3 Å². The molecule has 21 heavy (non-hydrogen) atoms. The van der Waals surface area contributed by atoms with Gasteiger partial charge < -0.3 is 4.57 Å². The van der Waals surface area contributed by atoms with Gasteiger partial charge in [-0.15, -0.1) is 0 Å². The Kier molecular flexibility index (Phi) is 4.90. The zero-order valence-corrected chi connectivity index (χ0v) is 14.1. The topological polar surface area (TPSA) is 51.1 Å². The van der Waals surface area contributed by atoms with Crippen molar-refractivity contribution < 1.29 is 8.42 Å². The van der Waals surface area contributed by atoms with Crippen molar-refractivity contribution >= 4 is 44.8 Å². The molecule has 0 amide bonds. The fourth-order valence-electron chi connectivity index (χ4n) is 1.89. The summed E-state index contributed by atoms with van der Waals surface area (Å²) < 4.78 is 27.1. The predicted molar refractivity (Wildman–Crippen MR) is 85.2 cm³/mol. The van der Waals surface area contributed by atoms with Gasteiger partial charge >= 0.3 is 0 Å². The third kappa shape index (κ3) is 3.93. The smallest absolute Gasteiger partial charge is 0.241 e. The highest BCUT2D eigenvalue weighted by Crippen LogP contribution is 2.40. The van der Waals surface area contributed by atoms with E-state index in [2.05, 4.69) is 4.72 Å². The van der Waals surface area contributed by atoms with Gasteiger partial charge in [0, 0.05) is 18.9 Å². The Balaban J connectivity index is 2.40. The second-order valence-electron chi connectivity index (χ2n) is 4.45. The van der Waals surface area contributed by atoms with Crippen LogP contribution in [0.3, 0.4) is 0 Å². The number of benzene rings is 1. The molecule has 2 rings (SSSR count). The van der Waals surface area contributed by atoms with Gasteiger partial charge in [0.1, 0.15) is 6.04 Å². The van der Waals surface area contributed by atoms with Crippen LogP contribution < -0.4 is 4.72 Å². The van der Waals surface area contributed by atoms with E-state index in [9.17, 15) is 8.42 Å². The van der Waals surface area contributed by atoms with E-state index in [4.69, 9.17) is 34.8 Å². The van der Waals surface area contributed by atoms with Crippen LogP contribution in [0, 0.1) is 0 Å². The normalized spacial score (nSPS) is 14.1. The number of halogens is 3. The molecule has 0 aliphatic rings. The van der Waals surface area contributed by atoms with E-state index in [1.54, 1.807) is 48.1 Å². The summed E-state index contributed by atoms with van der Waals surface area (Å²) >= 11 is 17.8. The van der Waals surface area contributed by atoms with E-state index in [0.29, 0.717) is 5.69 Å². The number of aromatic nitrogens is 1. The molecule has 4 nitrogen and oxygen atoms in total. The maximum atomic E-state index is 12.4. The van der Waals surface area contributed by atoms with Crippen LogP contribution in [0.25, 0.3) is 0 Å². The van der Waals surface area contributed by atoms with Gasteiger partial charge in [-0.1, -0.05) is 53.0 Å². The number of nitrogens with one attached hydrogen (secondary N) is 1. The number of nitrogens with zero attached hydrogens (tertiary/aromatic N) is 1. The van der Waals surface area contributed by atoms with Crippen LogP contribution >= 0.6 is 34.8 Å². The van der Waals surface area contributed by atoms with Crippen molar-refractivity contribution in [2.45, 2.75) is 14.7 Å². The molecule has 0 bridgehead atoms. The lowest BCUT2D eigenvalue weighted by molar-refractivity contribution is 0.547. The van der Waals surface area contributed by atoms with Gasteiger partial charge in [0.05, 0.1) is 4.90 Å². The summed E-state index contributed by atoms with van der Waals surface area (Å²) in [5, 5.41) is 0. The van der Waals surface area contributed by atoms with E-state index >= 15 is 0 Å². The number of hydrogen-bond acceptors (Lipinski definition) is 2. The minimum Gasteiger partial charge on any atom is -0.353 e. The van der Waals surface area contributed by atoms with E-state index in [-0.39, 0.29) is 4.90 Å². The Labute approximate surface area is 138 Å². The van der Waals surface area contributed by atoms with Gasteiger partial charge in [0.15, 0.2) is 0 Å². The minimum atomic E-state index is -3.80. The third-order valence-corrected chi connectivity index (χ3v) is 5.03. The fraction of sp³-hybridized carbons (Fsp3) is 0.231. The molecule has 0 aliphatic heterocycles. The van der Waals surface area contributed by atoms with E-state index < -0.39 is 19.9 Å². The summed E-state index contributed by atoms with van der Waals surface area (Å²) in [6.45, 7) is 0. The van der Waals surface area contributed by atoms with Crippen molar-refractivity contribution in [2.24, 2.45) is 7.05 Å². The molecule has 1 heterocycles. The molecule has 0 spiro atoms. The number of alkyl halides is 3. The Hall–Kier alpha value is -0.720. The summed E-state index contributed by atoms with van der Waals surface area (Å²) in [5.41, 5.74) is 0.550. The number of rotatable bonds is 4. The Morgan fingerprint density at radius 2 is 1.71 bits per heavy atom. The molecule has 114 valence electrons.